The molecule has 0 bridgehead atoms. The van der Waals surface area contributed by atoms with Gasteiger partial charge in [-0.15, -0.1) is 13.2 Å². The number of pyridine rings is 1. The summed E-state index contributed by atoms with van der Waals surface area (Å²) in [5, 5.41) is 18.0. The lowest BCUT2D eigenvalue weighted by molar-refractivity contribution is -0.276. The van der Waals surface area contributed by atoms with Crippen LogP contribution in [0.5, 0.6) is 11.6 Å². The van der Waals surface area contributed by atoms with Crippen LogP contribution in [-0.2, 0) is 5.33 Å². The SMILES string of the molecule is O=C(O)c1cnc(OC(F)(F)F)c(O)c1CBr. The Bertz CT molecular complexity index is 449. The molecule has 1 rings (SSSR count). The van der Waals surface area contributed by atoms with Gasteiger partial charge < -0.3 is 14.9 Å². The molecule has 0 saturated heterocycles. The Labute approximate surface area is 101 Å². The molecule has 0 saturated carbocycles. The molecule has 2 N–H and O–H groups in total. The Hall–Kier alpha value is -1.51. The zero-order valence-corrected chi connectivity index (χ0v) is 9.54. The molecule has 0 aliphatic heterocycles. The number of aromatic carboxylic acids is 1. The number of hydrogen-bond acceptors (Lipinski definition) is 4. The topological polar surface area (TPSA) is 79.7 Å². The number of ether oxygens (including phenoxy) is 1. The fourth-order valence-electron chi connectivity index (χ4n) is 1.02. The lowest BCUT2D eigenvalue weighted by atomic mass is 10.1. The van der Waals surface area contributed by atoms with Crippen LogP contribution < -0.4 is 4.74 Å². The van der Waals surface area contributed by atoms with E-state index in [-0.39, 0.29) is 10.9 Å². The number of carboxylic acids is 1. The molecule has 0 unspecified atom stereocenters. The van der Waals surface area contributed by atoms with Gasteiger partial charge in [-0.05, 0) is 0 Å². The third kappa shape index (κ3) is 3.22. The number of carboxylic acid groups (broad SMARTS) is 1. The van der Waals surface area contributed by atoms with Crippen LogP contribution in [0.15, 0.2) is 6.20 Å². The normalized spacial score (nSPS) is 11.3. The van der Waals surface area contributed by atoms with Crippen molar-refractivity contribution in [2.75, 3.05) is 0 Å². The van der Waals surface area contributed by atoms with Gasteiger partial charge in [-0.2, -0.15) is 0 Å². The van der Waals surface area contributed by atoms with Crippen molar-refractivity contribution in [2.24, 2.45) is 0 Å². The Kier molecular flexibility index (Phi) is 3.81. The van der Waals surface area contributed by atoms with E-state index in [1.54, 1.807) is 0 Å². The number of aromatic hydroxyl groups is 1. The summed E-state index contributed by atoms with van der Waals surface area (Å²) in [5.74, 6) is -3.46. The molecule has 9 heteroatoms. The van der Waals surface area contributed by atoms with E-state index in [0.717, 1.165) is 0 Å². The van der Waals surface area contributed by atoms with Crippen molar-refractivity contribution >= 4 is 21.9 Å². The molecular weight excluding hydrogens is 311 g/mol. The number of halogens is 4. The first-order valence-corrected chi connectivity index (χ1v) is 5.14. The number of alkyl halides is 4. The second-order valence-corrected chi connectivity index (χ2v) is 3.35. The molecule has 1 aromatic rings. The Balaban J connectivity index is 3.25. The summed E-state index contributed by atoms with van der Waals surface area (Å²) in [5.41, 5.74) is -0.652. The lowest BCUT2D eigenvalue weighted by Crippen LogP contribution is -2.18. The summed E-state index contributed by atoms with van der Waals surface area (Å²) in [7, 11) is 0. The summed E-state index contributed by atoms with van der Waals surface area (Å²) >= 11 is 2.85. The zero-order chi connectivity index (χ0) is 13.2. The van der Waals surface area contributed by atoms with Gasteiger partial charge in [0.2, 0.25) is 0 Å². The molecule has 0 fully saturated rings. The van der Waals surface area contributed by atoms with Gasteiger partial charge in [0, 0.05) is 17.1 Å². The highest BCUT2D eigenvalue weighted by atomic mass is 79.9. The van der Waals surface area contributed by atoms with Crippen LogP contribution in [0, 0.1) is 0 Å². The van der Waals surface area contributed by atoms with E-state index >= 15 is 0 Å². The monoisotopic (exact) mass is 315 g/mol. The molecule has 0 aromatic carbocycles. The molecule has 0 amide bonds. The Morgan fingerprint density at radius 3 is 2.53 bits per heavy atom. The van der Waals surface area contributed by atoms with E-state index in [0.29, 0.717) is 6.20 Å². The molecule has 1 heterocycles. The van der Waals surface area contributed by atoms with Crippen LogP contribution in [0.2, 0.25) is 0 Å². The van der Waals surface area contributed by atoms with E-state index in [1.165, 1.54) is 0 Å². The average molecular weight is 316 g/mol. The van der Waals surface area contributed by atoms with Crippen molar-refractivity contribution in [3.8, 4) is 11.6 Å². The molecule has 94 valence electrons. The largest absolute Gasteiger partial charge is 0.574 e. The number of nitrogens with zero attached hydrogens (tertiary/aromatic N) is 1. The molecule has 0 spiro atoms. The van der Waals surface area contributed by atoms with Crippen LogP contribution in [0.1, 0.15) is 15.9 Å². The maximum Gasteiger partial charge on any atom is 0.574 e. The van der Waals surface area contributed by atoms with E-state index in [9.17, 15) is 23.1 Å². The standard InChI is InChI=1S/C8H5BrF3NO4/c9-1-3-4(7(15)16)2-13-6(5(3)14)17-8(10,11)12/h2,14H,1H2,(H,15,16). The predicted octanol–water partition coefficient (Wildman–Crippen LogP) is 2.28. The summed E-state index contributed by atoms with van der Waals surface area (Å²) in [6.45, 7) is 0. The van der Waals surface area contributed by atoms with Crippen molar-refractivity contribution in [3.05, 3.63) is 17.3 Å². The minimum atomic E-state index is -5.02. The quantitative estimate of drug-likeness (QED) is 0.836. The van der Waals surface area contributed by atoms with Gasteiger partial charge in [-0.25, -0.2) is 9.78 Å². The number of carbonyl (C=O) groups is 1. The summed E-state index contributed by atoms with van der Waals surface area (Å²) in [6, 6.07) is 0. The molecule has 1 aromatic heterocycles. The number of aromatic nitrogens is 1. The molecule has 0 radical (unpaired) electrons. The van der Waals surface area contributed by atoms with Gasteiger partial charge in [0.1, 0.15) is 0 Å². The first kappa shape index (κ1) is 13.6. The first-order valence-electron chi connectivity index (χ1n) is 4.02. The molecule has 5 nitrogen and oxygen atoms in total. The van der Waals surface area contributed by atoms with E-state index in [2.05, 4.69) is 25.7 Å². The number of rotatable bonds is 3. The fourth-order valence-corrected chi connectivity index (χ4v) is 1.59. The van der Waals surface area contributed by atoms with Gasteiger partial charge in [-0.1, -0.05) is 15.9 Å². The van der Waals surface area contributed by atoms with Crippen molar-refractivity contribution in [3.63, 3.8) is 0 Å². The van der Waals surface area contributed by atoms with Crippen LogP contribution >= 0.6 is 15.9 Å². The van der Waals surface area contributed by atoms with Crippen molar-refractivity contribution in [1.82, 2.24) is 4.98 Å². The third-order valence-electron chi connectivity index (χ3n) is 1.70. The van der Waals surface area contributed by atoms with Crippen molar-refractivity contribution in [2.45, 2.75) is 11.7 Å². The van der Waals surface area contributed by atoms with Gasteiger partial charge in [-0.3, -0.25) is 0 Å². The second-order valence-electron chi connectivity index (χ2n) is 2.79. The summed E-state index contributed by atoms with van der Waals surface area (Å²) in [6.07, 6.45) is -4.33. The van der Waals surface area contributed by atoms with Crippen LogP contribution in [0.25, 0.3) is 0 Å². The molecular formula is C8H5BrF3NO4. The maximum atomic E-state index is 11.9. The zero-order valence-electron chi connectivity index (χ0n) is 7.95. The molecule has 0 aliphatic carbocycles. The van der Waals surface area contributed by atoms with Gasteiger partial charge >= 0.3 is 12.3 Å². The minimum Gasteiger partial charge on any atom is -0.503 e. The third-order valence-corrected chi connectivity index (χ3v) is 2.26. The van der Waals surface area contributed by atoms with Crippen LogP contribution in [0.3, 0.4) is 0 Å². The van der Waals surface area contributed by atoms with Gasteiger partial charge in [0.15, 0.2) is 5.75 Å². The van der Waals surface area contributed by atoms with Gasteiger partial charge in [0.05, 0.1) is 5.56 Å². The highest BCUT2D eigenvalue weighted by Gasteiger charge is 2.34. The molecule has 0 atom stereocenters. The lowest BCUT2D eigenvalue weighted by Gasteiger charge is -2.12. The molecule has 0 aliphatic rings. The second kappa shape index (κ2) is 4.78. The van der Waals surface area contributed by atoms with Crippen molar-refractivity contribution in [1.29, 1.82) is 0 Å². The maximum absolute atomic E-state index is 11.9. The minimum absolute atomic E-state index is 0.156. The fraction of sp³-hybridized carbons (Fsp3) is 0.250. The van der Waals surface area contributed by atoms with Gasteiger partial charge in [0.25, 0.3) is 5.88 Å². The van der Waals surface area contributed by atoms with E-state index < -0.39 is 29.5 Å². The van der Waals surface area contributed by atoms with Crippen molar-refractivity contribution < 1.29 is 32.9 Å². The predicted molar refractivity (Wildman–Crippen MR) is 52.2 cm³/mol. The Morgan fingerprint density at radius 1 is 1.53 bits per heavy atom. The highest BCUT2D eigenvalue weighted by Crippen LogP contribution is 2.34. The average Bonchev–Trinajstić information content (AvgIpc) is 2.18. The Morgan fingerprint density at radius 2 is 2.12 bits per heavy atom. The smallest absolute Gasteiger partial charge is 0.503 e. The van der Waals surface area contributed by atoms with E-state index in [1.807, 2.05) is 0 Å². The molecule has 17 heavy (non-hydrogen) atoms. The number of hydrogen-bond donors (Lipinski definition) is 2. The van der Waals surface area contributed by atoms with Crippen LogP contribution in [0.4, 0.5) is 13.2 Å². The van der Waals surface area contributed by atoms with E-state index in [4.69, 9.17) is 5.11 Å². The van der Waals surface area contributed by atoms with Crippen LogP contribution in [-0.4, -0.2) is 27.5 Å². The summed E-state index contributed by atoms with van der Waals surface area (Å²) < 4.78 is 39.2. The highest BCUT2D eigenvalue weighted by molar-refractivity contribution is 9.08. The summed E-state index contributed by atoms with van der Waals surface area (Å²) in [4.78, 5) is 13.8. The first-order chi connectivity index (χ1) is 7.76.